The third-order valence-electron chi connectivity index (χ3n) is 3.46. The standard InChI is InChI=1S/C14H15ClN4O3/c1-8-16-13(22-18-8)9-6-19(7-9)14(20)17-11-5-10(15)3-4-12(11)21-2/h3-5,9H,6-7H2,1-2H3,(H,17,20). The number of carbonyl (C=O) groups excluding carboxylic acids is 1. The summed E-state index contributed by atoms with van der Waals surface area (Å²) in [5.41, 5.74) is 0.539. The molecule has 0 bridgehead atoms. The second kappa shape index (κ2) is 5.84. The van der Waals surface area contributed by atoms with E-state index in [0.717, 1.165) is 0 Å². The van der Waals surface area contributed by atoms with Gasteiger partial charge < -0.3 is 19.5 Å². The number of methoxy groups -OCH3 is 1. The number of nitrogens with one attached hydrogen (secondary N) is 1. The Bertz CT molecular complexity index is 697. The number of urea groups is 1. The molecule has 2 heterocycles. The number of hydrogen-bond acceptors (Lipinski definition) is 5. The van der Waals surface area contributed by atoms with Crippen LogP contribution in [0.5, 0.6) is 5.75 Å². The molecule has 7 nitrogen and oxygen atoms in total. The van der Waals surface area contributed by atoms with Crippen LogP contribution in [0.4, 0.5) is 10.5 Å². The number of likely N-dealkylation sites (tertiary alicyclic amines) is 1. The van der Waals surface area contributed by atoms with Gasteiger partial charge in [-0.25, -0.2) is 4.79 Å². The van der Waals surface area contributed by atoms with Crippen molar-refractivity contribution < 1.29 is 14.1 Å². The average Bonchev–Trinajstić information content (AvgIpc) is 2.83. The fraction of sp³-hybridized carbons (Fsp3) is 0.357. The highest BCUT2D eigenvalue weighted by molar-refractivity contribution is 6.31. The van der Waals surface area contributed by atoms with Crippen LogP contribution < -0.4 is 10.1 Å². The second-order valence-electron chi connectivity index (χ2n) is 5.06. The van der Waals surface area contributed by atoms with Crippen LogP contribution >= 0.6 is 11.6 Å². The summed E-state index contributed by atoms with van der Waals surface area (Å²) >= 11 is 5.94. The molecule has 8 heteroatoms. The number of halogens is 1. The van der Waals surface area contributed by atoms with Crippen LogP contribution in [0.1, 0.15) is 17.6 Å². The Hall–Kier alpha value is -2.28. The molecular weight excluding hydrogens is 308 g/mol. The normalized spacial score (nSPS) is 14.6. The first kappa shape index (κ1) is 14.6. The first-order chi connectivity index (χ1) is 10.6. The minimum absolute atomic E-state index is 0.0909. The highest BCUT2D eigenvalue weighted by Gasteiger charge is 2.35. The Kier molecular flexibility index (Phi) is 3.89. The predicted molar refractivity (Wildman–Crippen MR) is 80.4 cm³/mol. The summed E-state index contributed by atoms with van der Waals surface area (Å²) in [5, 5.41) is 7.07. The van der Waals surface area contributed by atoms with Gasteiger partial charge in [0.2, 0.25) is 5.89 Å². The fourth-order valence-electron chi connectivity index (χ4n) is 2.25. The first-order valence-electron chi connectivity index (χ1n) is 6.76. The van der Waals surface area contributed by atoms with Crippen molar-refractivity contribution >= 4 is 23.3 Å². The molecule has 22 heavy (non-hydrogen) atoms. The van der Waals surface area contributed by atoms with Crippen LogP contribution in [-0.4, -0.2) is 41.3 Å². The summed E-state index contributed by atoms with van der Waals surface area (Å²) in [4.78, 5) is 18.0. The Morgan fingerprint density at radius 2 is 2.27 bits per heavy atom. The Morgan fingerprint density at radius 3 is 2.91 bits per heavy atom. The van der Waals surface area contributed by atoms with E-state index in [4.69, 9.17) is 20.9 Å². The van der Waals surface area contributed by atoms with Crippen molar-refractivity contribution in [3.05, 3.63) is 34.9 Å². The monoisotopic (exact) mass is 322 g/mol. The summed E-state index contributed by atoms with van der Waals surface area (Å²) in [6.45, 7) is 2.84. The number of rotatable bonds is 3. The van der Waals surface area contributed by atoms with Crippen LogP contribution in [0.15, 0.2) is 22.7 Å². The van der Waals surface area contributed by atoms with Crippen molar-refractivity contribution in [3.63, 3.8) is 0 Å². The predicted octanol–water partition coefficient (Wildman–Crippen LogP) is 2.67. The molecule has 0 atom stereocenters. The van der Waals surface area contributed by atoms with E-state index in [-0.39, 0.29) is 11.9 Å². The van der Waals surface area contributed by atoms with Gasteiger partial charge in [-0.1, -0.05) is 16.8 Å². The largest absolute Gasteiger partial charge is 0.495 e. The minimum atomic E-state index is -0.215. The SMILES string of the molecule is COc1ccc(Cl)cc1NC(=O)N1CC(c2nc(C)no2)C1. The maximum Gasteiger partial charge on any atom is 0.321 e. The number of aromatic nitrogens is 2. The van der Waals surface area contributed by atoms with Crippen molar-refractivity contribution in [2.24, 2.45) is 0 Å². The maximum absolute atomic E-state index is 12.2. The Balaban J connectivity index is 1.61. The average molecular weight is 323 g/mol. The number of carbonyl (C=O) groups is 1. The van der Waals surface area contributed by atoms with E-state index in [2.05, 4.69) is 15.5 Å². The van der Waals surface area contributed by atoms with Crippen LogP contribution in [0.25, 0.3) is 0 Å². The maximum atomic E-state index is 12.2. The summed E-state index contributed by atoms with van der Waals surface area (Å²) in [6.07, 6.45) is 0. The van der Waals surface area contributed by atoms with Gasteiger partial charge in [0.1, 0.15) is 5.75 Å². The topological polar surface area (TPSA) is 80.5 Å². The zero-order chi connectivity index (χ0) is 15.7. The van der Waals surface area contributed by atoms with Gasteiger partial charge in [0, 0.05) is 18.1 Å². The molecule has 1 aromatic heterocycles. The van der Waals surface area contributed by atoms with Crippen LogP contribution in [-0.2, 0) is 0 Å². The molecule has 1 aliphatic rings. The van der Waals surface area contributed by atoms with E-state index in [9.17, 15) is 4.79 Å². The van der Waals surface area contributed by atoms with Gasteiger partial charge >= 0.3 is 6.03 Å². The molecule has 3 rings (SSSR count). The molecule has 2 amide bonds. The number of amides is 2. The lowest BCUT2D eigenvalue weighted by Crippen LogP contribution is -2.50. The third kappa shape index (κ3) is 2.85. The van der Waals surface area contributed by atoms with Gasteiger partial charge in [-0.2, -0.15) is 4.98 Å². The highest BCUT2D eigenvalue weighted by Crippen LogP contribution is 2.30. The summed E-state index contributed by atoms with van der Waals surface area (Å²) in [5.74, 6) is 1.82. The number of benzene rings is 1. The van der Waals surface area contributed by atoms with Crippen LogP contribution in [0.2, 0.25) is 5.02 Å². The van der Waals surface area contributed by atoms with Crippen LogP contribution in [0, 0.1) is 6.92 Å². The van der Waals surface area contributed by atoms with E-state index in [1.807, 2.05) is 0 Å². The molecule has 1 fully saturated rings. The molecule has 0 aliphatic carbocycles. The molecule has 1 aromatic carbocycles. The van der Waals surface area contributed by atoms with Crippen molar-refractivity contribution in [1.29, 1.82) is 0 Å². The fourth-order valence-corrected chi connectivity index (χ4v) is 2.42. The molecule has 0 radical (unpaired) electrons. The molecule has 0 saturated carbocycles. The van der Waals surface area contributed by atoms with Gasteiger partial charge in [-0.05, 0) is 25.1 Å². The number of anilines is 1. The van der Waals surface area contributed by atoms with Crippen molar-refractivity contribution in [3.8, 4) is 5.75 Å². The molecular formula is C14H15ClN4O3. The lowest BCUT2D eigenvalue weighted by Gasteiger charge is -2.36. The van der Waals surface area contributed by atoms with Crippen molar-refractivity contribution in [1.82, 2.24) is 15.0 Å². The van der Waals surface area contributed by atoms with Gasteiger partial charge in [0.05, 0.1) is 18.7 Å². The number of ether oxygens (including phenoxy) is 1. The summed E-state index contributed by atoms with van der Waals surface area (Å²) in [6, 6.07) is 4.84. The minimum Gasteiger partial charge on any atom is -0.495 e. The van der Waals surface area contributed by atoms with Crippen molar-refractivity contribution in [2.75, 3.05) is 25.5 Å². The van der Waals surface area contributed by atoms with Crippen LogP contribution in [0.3, 0.4) is 0 Å². The summed E-state index contributed by atoms with van der Waals surface area (Å²) in [7, 11) is 1.54. The first-order valence-corrected chi connectivity index (χ1v) is 7.14. The lowest BCUT2D eigenvalue weighted by molar-refractivity contribution is 0.147. The molecule has 1 N–H and O–H groups in total. The van der Waals surface area contributed by atoms with E-state index in [1.54, 1.807) is 30.0 Å². The zero-order valence-corrected chi connectivity index (χ0v) is 12.9. The zero-order valence-electron chi connectivity index (χ0n) is 12.2. The number of nitrogens with zero attached hydrogens (tertiary/aromatic N) is 3. The van der Waals surface area contributed by atoms with Gasteiger partial charge in [-0.15, -0.1) is 0 Å². The molecule has 0 spiro atoms. The second-order valence-corrected chi connectivity index (χ2v) is 5.49. The molecule has 2 aromatic rings. The quantitative estimate of drug-likeness (QED) is 0.939. The van der Waals surface area contributed by atoms with E-state index in [0.29, 0.717) is 41.3 Å². The van der Waals surface area contributed by atoms with Gasteiger partial charge in [0.25, 0.3) is 0 Å². The van der Waals surface area contributed by atoms with Crippen molar-refractivity contribution in [2.45, 2.75) is 12.8 Å². The molecule has 1 aliphatic heterocycles. The van der Waals surface area contributed by atoms with E-state index >= 15 is 0 Å². The lowest BCUT2D eigenvalue weighted by atomic mass is 10.0. The number of hydrogen-bond donors (Lipinski definition) is 1. The molecule has 0 unspecified atom stereocenters. The Morgan fingerprint density at radius 1 is 1.50 bits per heavy atom. The Labute approximate surface area is 132 Å². The van der Waals surface area contributed by atoms with Gasteiger partial charge in [0.15, 0.2) is 5.82 Å². The number of aryl methyl sites for hydroxylation is 1. The van der Waals surface area contributed by atoms with E-state index in [1.165, 1.54) is 7.11 Å². The third-order valence-corrected chi connectivity index (χ3v) is 3.70. The van der Waals surface area contributed by atoms with Gasteiger partial charge in [-0.3, -0.25) is 0 Å². The summed E-state index contributed by atoms with van der Waals surface area (Å²) < 4.78 is 10.3. The highest BCUT2D eigenvalue weighted by atomic mass is 35.5. The van der Waals surface area contributed by atoms with E-state index < -0.39 is 0 Å². The molecule has 1 saturated heterocycles. The molecule has 116 valence electrons. The smallest absolute Gasteiger partial charge is 0.321 e.